The van der Waals surface area contributed by atoms with Gasteiger partial charge in [0.2, 0.25) is 0 Å². The molecule has 1 aromatic heterocycles. The van der Waals surface area contributed by atoms with Crippen molar-refractivity contribution < 1.29 is 4.74 Å². The van der Waals surface area contributed by atoms with Crippen molar-refractivity contribution >= 4 is 23.4 Å². The minimum absolute atomic E-state index is 0.411. The van der Waals surface area contributed by atoms with E-state index < -0.39 is 0 Å². The fraction of sp³-hybridized carbons (Fsp3) is 0.429. The Hall–Kier alpha value is -0.320. The molecule has 1 fully saturated rings. The third-order valence-electron chi connectivity index (χ3n) is 1.40. The molecule has 12 heavy (non-hydrogen) atoms. The molecule has 0 aromatic carbocycles. The van der Waals surface area contributed by atoms with Gasteiger partial charge in [-0.15, -0.1) is 0 Å². The molecule has 1 saturated heterocycles. The number of aromatic nitrogens is 2. The summed E-state index contributed by atoms with van der Waals surface area (Å²) in [7, 11) is 0. The van der Waals surface area contributed by atoms with Crippen LogP contribution in [0.2, 0.25) is 5.02 Å². The summed E-state index contributed by atoms with van der Waals surface area (Å²) < 4.78 is 5.05. The van der Waals surface area contributed by atoms with Gasteiger partial charge in [-0.3, -0.25) is 0 Å². The van der Waals surface area contributed by atoms with Gasteiger partial charge in [0, 0.05) is 5.75 Å². The minimum atomic E-state index is 0.411. The van der Waals surface area contributed by atoms with Crippen molar-refractivity contribution in [2.45, 2.75) is 11.3 Å². The van der Waals surface area contributed by atoms with Gasteiger partial charge < -0.3 is 4.74 Å². The normalized spacial score (nSPS) is 20.9. The number of halogens is 1. The van der Waals surface area contributed by atoms with Gasteiger partial charge in [0.15, 0.2) is 5.16 Å². The highest BCUT2D eigenvalue weighted by Crippen LogP contribution is 2.20. The van der Waals surface area contributed by atoms with Crippen LogP contribution in [0.3, 0.4) is 0 Å². The second-order valence-electron chi connectivity index (χ2n) is 2.45. The van der Waals surface area contributed by atoms with Gasteiger partial charge in [-0.1, -0.05) is 23.4 Å². The molecule has 2 rings (SSSR count). The van der Waals surface area contributed by atoms with Crippen molar-refractivity contribution in [2.75, 3.05) is 12.4 Å². The lowest BCUT2D eigenvalue weighted by Crippen LogP contribution is -1.91. The van der Waals surface area contributed by atoms with E-state index in [1.165, 1.54) is 0 Å². The van der Waals surface area contributed by atoms with Crippen LogP contribution in [0, 0.1) is 0 Å². The van der Waals surface area contributed by atoms with E-state index in [9.17, 15) is 0 Å². The Morgan fingerprint density at radius 2 is 2.25 bits per heavy atom. The number of hydrogen-bond acceptors (Lipinski definition) is 4. The first-order valence-electron chi connectivity index (χ1n) is 3.56. The molecular formula is C7H7ClN2OS. The molecule has 0 spiro atoms. The zero-order valence-corrected chi connectivity index (χ0v) is 7.81. The molecule has 0 bridgehead atoms. The number of rotatable bonds is 3. The molecule has 0 amide bonds. The van der Waals surface area contributed by atoms with Crippen molar-refractivity contribution in [3.8, 4) is 0 Å². The molecular weight excluding hydrogens is 196 g/mol. The van der Waals surface area contributed by atoms with E-state index in [1.54, 1.807) is 24.2 Å². The quantitative estimate of drug-likeness (QED) is 0.424. The summed E-state index contributed by atoms with van der Waals surface area (Å²) in [5, 5.41) is 1.33. The highest BCUT2D eigenvalue weighted by atomic mass is 35.5. The molecule has 2 heterocycles. The number of ether oxygens (including phenoxy) is 1. The monoisotopic (exact) mass is 202 g/mol. The maximum Gasteiger partial charge on any atom is 0.187 e. The number of hydrogen-bond donors (Lipinski definition) is 0. The average molecular weight is 203 g/mol. The average Bonchev–Trinajstić information content (AvgIpc) is 2.87. The van der Waals surface area contributed by atoms with Crippen molar-refractivity contribution in [3.05, 3.63) is 17.4 Å². The first-order valence-corrected chi connectivity index (χ1v) is 4.93. The molecule has 0 saturated carbocycles. The van der Waals surface area contributed by atoms with Gasteiger partial charge in [-0.25, -0.2) is 9.97 Å². The van der Waals surface area contributed by atoms with Gasteiger partial charge in [0.05, 0.1) is 30.1 Å². The van der Waals surface area contributed by atoms with E-state index in [2.05, 4.69) is 9.97 Å². The Bertz CT molecular complexity index is 263. The summed E-state index contributed by atoms with van der Waals surface area (Å²) >= 11 is 7.22. The third-order valence-corrected chi connectivity index (χ3v) is 2.60. The maximum absolute atomic E-state index is 5.63. The fourth-order valence-electron chi connectivity index (χ4n) is 0.707. The lowest BCUT2D eigenvalue weighted by atomic mass is 10.6. The number of thioether (sulfide) groups is 1. The van der Waals surface area contributed by atoms with Gasteiger partial charge in [-0.2, -0.15) is 0 Å². The second kappa shape index (κ2) is 3.60. The van der Waals surface area contributed by atoms with Crippen LogP contribution in [0.1, 0.15) is 0 Å². The molecule has 64 valence electrons. The molecule has 1 aliphatic rings. The highest BCUT2D eigenvalue weighted by Gasteiger charge is 2.22. The van der Waals surface area contributed by atoms with Gasteiger partial charge in [0.1, 0.15) is 0 Å². The third kappa shape index (κ3) is 2.33. The summed E-state index contributed by atoms with van der Waals surface area (Å²) in [4.78, 5) is 8.08. The van der Waals surface area contributed by atoms with Gasteiger partial charge in [-0.05, 0) is 0 Å². The van der Waals surface area contributed by atoms with E-state index in [-0.39, 0.29) is 0 Å². The topological polar surface area (TPSA) is 38.3 Å². The maximum atomic E-state index is 5.63. The SMILES string of the molecule is Clc1cnc(SCC2CO2)nc1. The smallest absolute Gasteiger partial charge is 0.187 e. The van der Waals surface area contributed by atoms with Crippen molar-refractivity contribution in [2.24, 2.45) is 0 Å². The predicted molar refractivity (Wildman–Crippen MR) is 47.5 cm³/mol. The molecule has 1 atom stereocenters. The van der Waals surface area contributed by atoms with Crippen molar-refractivity contribution in [1.29, 1.82) is 0 Å². The zero-order chi connectivity index (χ0) is 8.39. The van der Waals surface area contributed by atoms with E-state index in [0.29, 0.717) is 11.1 Å². The lowest BCUT2D eigenvalue weighted by molar-refractivity contribution is 0.426. The van der Waals surface area contributed by atoms with Crippen LogP contribution >= 0.6 is 23.4 Å². The van der Waals surface area contributed by atoms with E-state index in [4.69, 9.17) is 16.3 Å². The Morgan fingerprint density at radius 1 is 1.58 bits per heavy atom. The van der Waals surface area contributed by atoms with E-state index >= 15 is 0 Å². The Morgan fingerprint density at radius 3 is 2.83 bits per heavy atom. The van der Waals surface area contributed by atoms with E-state index in [0.717, 1.165) is 17.5 Å². The minimum Gasteiger partial charge on any atom is -0.372 e. The second-order valence-corrected chi connectivity index (χ2v) is 3.87. The molecule has 0 aliphatic carbocycles. The zero-order valence-electron chi connectivity index (χ0n) is 6.24. The van der Waals surface area contributed by atoms with Crippen LogP contribution in [0.15, 0.2) is 17.6 Å². The standard InChI is InChI=1S/C7H7ClN2OS/c8-5-1-9-7(10-2-5)12-4-6-3-11-6/h1-2,6H,3-4H2. The molecule has 0 radical (unpaired) electrons. The van der Waals surface area contributed by atoms with Crippen LogP contribution in [0.25, 0.3) is 0 Å². The molecule has 1 unspecified atom stereocenters. The lowest BCUT2D eigenvalue weighted by Gasteiger charge is -1.95. The Kier molecular flexibility index (Phi) is 2.48. The summed E-state index contributed by atoms with van der Waals surface area (Å²) in [5.41, 5.74) is 0. The molecule has 3 nitrogen and oxygen atoms in total. The predicted octanol–water partition coefficient (Wildman–Crippen LogP) is 1.62. The molecule has 1 aromatic rings. The summed E-state index contributed by atoms with van der Waals surface area (Å²) in [5.74, 6) is 0.932. The first-order chi connectivity index (χ1) is 5.84. The van der Waals surface area contributed by atoms with E-state index in [1.807, 2.05) is 0 Å². The fourth-order valence-corrected chi connectivity index (χ4v) is 1.59. The molecule has 5 heteroatoms. The Labute approximate surface area is 79.5 Å². The van der Waals surface area contributed by atoms with Crippen LogP contribution in [0.5, 0.6) is 0 Å². The van der Waals surface area contributed by atoms with Crippen molar-refractivity contribution in [3.63, 3.8) is 0 Å². The highest BCUT2D eigenvalue weighted by molar-refractivity contribution is 7.99. The van der Waals surface area contributed by atoms with Gasteiger partial charge in [0.25, 0.3) is 0 Å². The summed E-state index contributed by atoms with van der Waals surface area (Å²) in [6.07, 6.45) is 3.62. The van der Waals surface area contributed by atoms with Crippen LogP contribution in [-0.4, -0.2) is 28.4 Å². The van der Waals surface area contributed by atoms with Gasteiger partial charge >= 0.3 is 0 Å². The van der Waals surface area contributed by atoms with Crippen LogP contribution in [0.4, 0.5) is 0 Å². The Balaban J connectivity index is 1.89. The molecule has 0 N–H and O–H groups in total. The van der Waals surface area contributed by atoms with Crippen LogP contribution < -0.4 is 0 Å². The summed E-state index contributed by atoms with van der Waals surface area (Å²) in [6, 6.07) is 0. The first kappa shape index (κ1) is 8.29. The number of epoxide rings is 1. The summed E-state index contributed by atoms with van der Waals surface area (Å²) in [6.45, 7) is 0.876. The largest absolute Gasteiger partial charge is 0.372 e. The van der Waals surface area contributed by atoms with Crippen molar-refractivity contribution in [1.82, 2.24) is 9.97 Å². The van der Waals surface area contributed by atoms with Crippen LogP contribution in [-0.2, 0) is 4.74 Å². The number of nitrogens with zero attached hydrogens (tertiary/aromatic N) is 2. The molecule has 1 aliphatic heterocycles.